The van der Waals surface area contributed by atoms with Gasteiger partial charge in [0.15, 0.2) is 11.6 Å². The molecule has 0 saturated carbocycles. The molecule has 0 fully saturated rings. The van der Waals surface area contributed by atoms with E-state index in [0.29, 0.717) is 0 Å². The fraction of sp³-hybridized carbons (Fsp3) is 0.0714. The lowest BCUT2D eigenvalue weighted by Crippen LogP contribution is -2.22. The highest BCUT2D eigenvalue weighted by molar-refractivity contribution is 6.51. The van der Waals surface area contributed by atoms with Crippen molar-refractivity contribution in [1.82, 2.24) is 0 Å². The zero-order chi connectivity index (χ0) is 13.4. The minimum absolute atomic E-state index is 0.0344. The van der Waals surface area contributed by atoms with Crippen molar-refractivity contribution in [3.63, 3.8) is 0 Å². The van der Waals surface area contributed by atoms with Gasteiger partial charge in [0.2, 0.25) is 5.78 Å². The molecule has 0 aliphatic heterocycles. The van der Waals surface area contributed by atoms with Crippen LogP contribution in [-0.2, 0) is 4.79 Å². The predicted molar refractivity (Wildman–Crippen MR) is 67.8 cm³/mol. The summed E-state index contributed by atoms with van der Waals surface area (Å²) in [5.74, 6) is -1.27. The molecule has 0 unspecified atom stereocenters. The maximum atomic E-state index is 12.2. The van der Waals surface area contributed by atoms with Crippen LogP contribution in [0.1, 0.15) is 27.6 Å². The van der Waals surface area contributed by atoms with Gasteiger partial charge in [0.1, 0.15) is 5.03 Å². The molecule has 90 valence electrons. The van der Waals surface area contributed by atoms with Gasteiger partial charge in [-0.2, -0.15) is 0 Å². The Labute approximate surface area is 109 Å². The Kier molecular flexibility index (Phi) is 3.01. The van der Waals surface area contributed by atoms with Gasteiger partial charge in [0.25, 0.3) is 0 Å². The number of hydrogen-bond acceptors (Lipinski definition) is 3. The minimum atomic E-state index is -0.454. The standard InChI is InChI=1S/C14H9ClO3/c1-7(8(2)16)11-12(15)14(18)10-6-4-3-5-9(10)13(11)17/h3-6H,1H2,2H3. The van der Waals surface area contributed by atoms with Gasteiger partial charge in [0.05, 0.1) is 5.57 Å². The van der Waals surface area contributed by atoms with E-state index < -0.39 is 11.6 Å². The Morgan fingerprint density at radius 2 is 1.61 bits per heavy atom. The third-order valence-corrected chi connectivity index (χ3v) is 3.15. The van der Waals surface area contributed by atoms with Crippen LogP contribution in [0.25, 0.3) is 0 Å². The van der Waals surface area contributed by atoms with E-state index in [0.717, 1.165) is 0 Å². The molecule has 2 rings (SSSR count). The molecule has 1 aromatic carbocycles. The number of rotatable bonds is 2. The van der Waals surface area contributed by atoms with Crippen molar-refractivity contribution >= 4 is 29.0 Å². The van der Waals surface area contributed by atoms with Crippen molar-refractivity contribution in [2.75, 3.05) is 0 Å². The minimum Gasteiger partial charge on any atom is -0.295 e. The van der Waals surface area contributed by atoms with Gasteiger partial charge >= 0.3 is 0 Å². The molecule has 0 N–H and O–H groups in total. The smallest absolute Gasteiger partial charge is 0.205 e. The number of Topliss-reactive ketones (excluding diaryl/α,β-unsaturated/α-hetero) is 3. The summed E-state index contributed by atoms with van der Waals surface area (Å²) in [6.07, 6.45) is 0. The quantitative estimate of drug-likeness (QED) is 0.768. The van der Waals surface area contributed by atoms with Gasteiger partial charge in [0, 0.05) is 16.7 Å². The van der Waals surface area contributed by atoms with Crippen molar-refractivity contribution in [3.05, 3.63) is 58.1 Å². The van der Waals surface area contributed by atoms with Gasteiger partial charge in [-0.3, -0.25) is 14.4 Å². The van der Waals surface area contributed by atoms with Gasteiger partial charge in [-0.25, -0.2) is 0 Å². The Morgan fingerprint density at radius 1 is 1.11 bits per heavy atom. The normalized spacial score (nSPS) is 14.6. The molecule has 4 heteroatoms. The highest BCUT2D eigenvalue weighted by atomic mass is 35.5. The number of carbonyl (C=O) groups is 3. The molecule has 0 saturated heterocycles. The lowest BCUT2D eigenvalue weighted by atomic mass is 9.85. The van der Waals surface area contributed by atoms with Gasteiger partial charge in [-0.05, 0) is 6.92 Å². The first-order chi connectivity index (χ1) is 8.45. The number of carbonyl (C=O) groups excluding carboxylic acids is 3. The molecule has 1 aliphatic rings. The van der Waals surface area contributed by atoms with Crippen LogP contribution in [0.3, 0.4) is 0 Å². The van der Waals surface area contributed by atoms with Crippen LogP contribution in [0, 0.1) is 0 Å². The molecule has 0 aromatic heterocycles. The lowest BCUT2D eigenvalue weighted by Gasteiger charge is -2.17. The molecule has 3 nitrogen and oxygen atoms in total. The Hall–Kier alpha value is -2.00. The fourth-order valence-electron chi connectivity index (χ4n) is 1.79. The monoisotopic (exact) mass is 260 g/mol. The Morgan fingerprint density at radius 3 is 2.11 bits per heavy atom. The van der Waals surface area contributed by atoms with Gasteiger partial charge in [-0.15, -0.1) is 0 Å². The van der Waals surface area contributed by atoms with Crippen molar-refractivity contribution < 1.29 is 14.4 Å². The Bertz CT molecular complexity index is 638. The van der Waals surface area contributed by atoms with E-state index in [4.69, 9.17) is 11.6 Å². The molecule has 0 radical (unpaired) electrons. The largest absolute Gasteiger partial charge is 0.295 e. The molecule has 0 atom stereocenters. The average molecular weight is 261 g/mol. The SMILES string of the molecule is C=C(C(C)=O)C1=C(Cl)C(=O)c2ccccc2C1=O. The number of benzene rings is 1. The predicted octanol–water partition coefficient (Wildman–Crippen LogP) is 2.70. The summed E-state index contributed by atoms with van der Waals surface area (Å²) in [5, 5.41) is -0.237. The van der Waals surface area contributed by atoms with E-state index in [1.54, 1.807) is 12.1 Å². The average Bonchev–Trinajstić information content (AvgIpc) is 2.36. The van der Waals surface area contributed by atoms with Crippen LogP contribution in [0.15, 0.2) is 47.0 Å². The van der Waals surface area contributed by atoms with E-state index in [2.05, 4.69) is 6.58 Å². The maximum Gasteiger partial charge on any atom is 0.205 e. The van der Waals surface area contributed by atoms with Crippen molar-refractivity contribution in [2.45, 2.75) is 6.92 Å². The number of fused-ring (bicyclic) bond motifs is 1. The van der Waals surface area contributed by atoms with Crippen LogP contribution >= 0.6 is 11.6 Å². The summed E-state index contributed by atoms with van der Waals surface area (Å²) < 4.78 is 0. The lowest BCUT2D eigenvalue weighted by molar-refractivity contribution is -0.113. The van der Waals surface area contributed by atoms with Crippen molar-refractivity contribution in [3.8, 4) is 0 Å². The van der Waals surface area contributed by atoms with Crippen LogP contribution < -0.4 is 0 Å². The number of hydrogen-bond donors (Lipinski definition) is 0. The zero-order valence-electron chi connectivity index (χ0n) is 9.62. The maximum absolute atomic E-state index is 12.2. The molecule has 0 bridgehead atoms. The van der Waals surface area contributed by atoms with E-state index in [1.807, 2.05) is 0 Å². The molecular weight excluding hydrogens is 252 g/mol. The summed E-state index contributed by atoms with van der Waals surface area (Å²) >= 11 is 5.89. The van der Waals surface area contributed by atoms with Gasteiger partial charge < -0.3 is 0 Å². The summed E-state index contributed by atoms with van der Waals surface area (Å²) in [7, 11) is 0. The second kappa shape index (κ2) is 4.35. The van der Waals surface area contributed by atoms with Gasteiger partial charge in [-0.1, -0.05) is 42.4 Å². The second-order valence-electron chi connectivity index (χ2n) is 3.93. The first-order valence-electron chi connectivity index (χ1n) is 5.23. The second-order valence-corrected chi connectivity index (χ2v) is 4.31. The Balaban J connectivity index is 2.68. The van der Waals surface area contributed by atoms with Crippen LogP contribution in [0.2, 0.25) is 0 Å². The molecule has 18 heavy (non-hydrogen) atoms. The number of allylic oxidation sites excluding steroid dienone is 3. The zero-order valence-corrected chi connectivity index (χ0v) is 10.4. The summed E-state index contributed by atoms with van der Waals surface area (Å²) in [5.41, 5.74) is 0.387. The third-order valence-electron chi connectivity index (χ3n) is 2.79. The molecule has 0 amide bonds. The summed E-state index contributed by atoms with van der Waals surface area (Å²) in [4.78, 5) is 35.5. The third kappa shape index (κ3) is 1.73. The molecule has 0 spiro atoms. The van der Waals surface area contributed by atoms with E-state index >= 15 is 0 Å². The molecule has 1 aromatic rings. The summed E-state index contributed by atoms with van der Waals surface area (Å²) in [6.45, 7) is 4.80. The van der Waals surface area contributed by atoms with Crippen LogP contribution in [0.4, 0.5) is 0 Å². The highest BCUT2D eigenvalue weighted by Gasteiger charge is 2.33. The molecule has 1 aliphatic carbocycles. The van der Waals surface area contributed by atoms with E-state index in [1.165, 1.54) is 19.1 Å². The first-order valence-corrected chi connectivity index (χ1v) is 5.61. The molecular formula is C14H9ClO3. The topological polar surface area (TPSA) is 51.2 Å². The van der Waals surface area contributed by atoms with Crippen LogP contribution in [0.5, 0.6) is 0 Å². The first kappa shape index (κ1) is 12.5. The fourth-order valence-corrected chi connectivity index (χ4v) is 2.09. The number of ketones is 3. The van der Waals surface area contributed by atoms with Crippen molar-refractivity contribution in [1.29, 1.82) is 0 Å². The molecule has 0 heterocycles. The number of halogens is 1. The van der Waals surface area contributed by atoms with Crippen LogP contribution in [-0.4, -0.2) is 17.3 Å². The summed E-state index contributed by atoms with van der Waals surface area (Å²) in [6, 6.07) is 6.37. The van der Waals surface area contributed by atoms with E-state index in [-0.39, 0.29) is 33.1 Å². The van der Waals surface area contributed by atoms with E-state index in [9.17, 15) is 14.4 Å². The highest BCUT2D eigenvalue weighted by Crippen LogP contribution is 2.31. The van der Waals surface area contributed by atoms with Crippen molar-refractivity contribution in [2.24, 2.45) is 0 Å².